The van der Waals surface area contributed by atoms with Crippen LogP contribution in [0.25, 0.3) is 10.9 Å². The number of esters is 1. The number of halogens is 2. The van der Waals surface area contributed by atoms with Gasteiger partial charge in [0.2, 0.25) is 3.92 Å². The number of benzene rings is 1. The van der Waals surface area contributed by atoms with Crippen LogP contribution in [0.4, 0.5) is 0 Å². The molecule has 2 aromatic rings. The van der Waals surface area contributed by atoms with Crippen LogP contribution in [0.3, 0.4) is 0 Å². The Kier molecular flexibility index (Phi) is 3.67. The van der Waals surface area contributed by atoms with Crippen LogP contribution in [-0.4, -0.2) is 19.9 Å². The van der Waals surface area contributed by atoms with Crippen LogP contribution < -0.4 is 11.2 Å². The molecule has 0 aliphatic carbocycles. The fourth-order valence-electron chi connectivity index (χ4n) is 1.51. The minimum Gasteiger partial charge on any atom is -0.436 e. The number of carbonyl (C=O) groups excluding carboxylic acids is 1. The van der Waals surface area contributed by atoms with E-state index in [2.05, 4.69) is 41.8 Å². The molecule has 94 valence electrons. The van der Waals surface area contributed by atoms with Crippen molar-refractivity contribution in [2.75, 3.05) is 0 Å². The Balaban J connectivity index is 2.69. The van der Waals surface area contributed by atoms with Crippen molar-refractivity contribution in [3.63, 3.8) is 0 Å². The zero-order chi connectivity index (χ0) is 13.3. The van der Waals surface area contributed by atoms with E-state index in [1.54, 1.807) is 0 Å². The number of alkyl halides is 2. The lowest BCUT2D eigenvalue weighted by atomic mass is 10.1. The monoisotopic (exact) mass is 376 g/mol. The van der Waals surface area contributed by atoms with E-state index in [-0.39, 0.29) is 16.5 Å². The summed E-state index contributed by atoms with van der Waals surface area (Å²) in [5.74, 6) is -0.666. The first-order chi connectivity index (χ1) is 8.49. The molecule has 1 aromatic heterocycles. The SMILES string of the molecule is O=C(OC(Br)Br)c1cccc2c(=O)[nH]c(=O)[nH]c12. The van der Waals surface area contributed by atoms with E-state index in [0.29, 0.717) is 0 Å². The third-order valence-electron chi connectivity index (χ3n) is 2.19. The van der Waals surface area contributed by atoms with Crippen LogP contribution in [0.15, 0.2) is 27.8 Å². The van der Waals surface area contributed by atoms with E-state index in [1.165, 1.54) is 18.2 Å². The molecule has 0 unspecified atom stereocenters. The summed E-state index contributed by atoms with van der Waals surface area (Å²) in [6, 6.07) is 4.49. The number of rotatable bonds is 2. The van der Waals surface area contributed by atoms with Crippen LogP contribution in [0.2, 0.25) is 0 Å². The molecule has 1 heterocycles. The lowest BCUT2D eigenvalue weighted by Crippen LogP contribution is -2.23. The van der Waals surface area contributed by atoms with Gasteiger partial charge in [-0.05, 0) is 44.0 Å². The van der Waals surface area contributed by atoms with Crippen LogP contribution >= 0.6 is 31.9 Å². The number of hydrogen-bond acceptors (Lipinski definition) is 4. The van der Waals surface area contributed by atoms with Gasteiger partial charge >= 0.3 is 11.7 Å². The maximum absolute atomic E-state index is 11.8. The first kappa shape index (κ1) is 13.0. The van der Waals surface area contributed by atoms with E-state index >= 15 is 0 Å². The van der Waals surface area contributed by atoms with Crippen molar-refractivity contribution < 1.29 is 9.53 Å². The quantitative estimate of drug-likeness (QED) is 0.612. The number of para-hydroxylation sites is 1. The zero-order valence-electron chi connectivity index (χ0n) is 8.70. The number of aromatic amines is 2. The smallest absolute Gasteiger partial charge is 0.342 e. The highest BCUT2D eigenvalue weighted by Gasteiger charge is 2.15. The molecule has 2 N–H and O–H groups in total. The summed E-state index contributed by atoms with van der Waals surface area (Å²) in [6.07, 6.45) is 0. The van der Waals surface area contributed by atoms with Gasteiger partial charge in [-0.2, -0.15) is 0 Å². The van der Waals surface area contributed by atoms with Crippen molar-refractivity contribution in [3.8, 4) is 0 Å². The van der Waals surface area contributed by atoms with E-state index in [0.717, 1.165) is 0 Å². The molecule has 2 rings (SSSR count). The maximum atomic E-state index is 11.8. The van der Waals surface area contributed by atoms with Gasteiger partial charge in [-0.15, -0.1) is 0 Å². The lowest BCUT2D eigenvalue weighted by Gasteiger charge is -2.07. The first-order valence-electron chi connectivity index (χ1n) is 4.73. The minimum absolute atomic E-state index is 0.111. The van der Waals surface area contributed by atoms with Gasteiger partial charge in [-0.3, -0.25) is 9.78 Å². The largest absolute Gasteiger partial charge is 0.436 e. The van der Waals surface area contributed by atoms with Crippen LogP contribution in [0.5, 0.6) is 0 Å². The molecule has 0 spiro atoms. The number of hydrogen-bond donors (Lipinski definition) is 2. The normalized spacial score (nSPS) is 10.8. The van der Waals surface area contributed by atoms with Crippen LogP contribution in [0, 0.1) is 0 Å². The van der Waals surface area contributed by atoms with Crippen molar-refractivity contribution >= 4 is 48.7 Å². The van der Waals surface area contributed by atoms with Crippen LogP contribution in [-0.2, 0) is 4.74 Å². The Hall–Kier alpha value is -1.41. The summed E-state index contributed by atoms with van der Waals surface area (Å²) in [5, 5.41) is 0.213. The Labute approximate surface area is 117 Å². The number of aromatic nitrogens is 2. The third kappa shape index (κ3) is 2.54. The number of carbonyl (C=O) groups is 1. The van der Waals surface area contributed by atoms with Crippen molar-refractivity contribution in [3.05, 3.63) is 44.6 Å². The molecule has 8 heteroatoms. The van der Waals surface area contributed by atoms with Gasteiger partial charge < -0.3 is 9.72 Å². The van der Waals surface area contributed by atoms with Gasteiger partial charge in [0.25, 0.3) is 5.56 Å². The summed E-state index contributed by atoms with van der Waals surface area (Å²) in [4.78, 5) is 39.0. The highest BCUT2D eigenvalue weighted by atomic mass is 79.9. The number of H-pyrrole nitrogens is 2. The molecule has 6 nitrogen and oxygen atoms in total. The maximum Gasteiger partial charge on any atom is 0.342 e. The summed E-state index contributed by atoms with van der Waals surface area (Å²) >= 11 is 6.00. The number of nitrogens with one attached hydrogen (secondary N) is 2. The first-order valence-corrected chi connectivity index (χ1v) is 6.56. The average Bonchev–Trinajstić information content (AvgIpc) is 2.27. The van der Waals surface area contributed by atoms with E-state index in [1.807, 2.05) is 0 Å². The highest BCUT2D eigenvalue weighted by Crippen LogP contribution is 2.17. The molecule has 0 saturated heterocycles. The lowest BCUT2D eigenvalue weighted by molar-refractivity contribution is 0.0562. The predicted molar refractivity (Wildman–Crippen MR) is 72.2 cm³/mol. The summed E-state index contributed by atoms with van der Waals surface area (Å²) in [6.45, 7) is 0. The Morgan fingerprint density at radius 1 is 1.22 bits per heavy atom. The van der Waals surface area contributed by atoms with Gasteiger partial charge in [-0.1, -0.05) is 6.07 Å². The second-order valence-corrected chi connectivity index (χ2v) is 6.19. The molecule has 0 atom stereocenters. The van der Waals surface area contributed by atoms with E-state index in [4.69, 9.17) is 4.74 Å². The molecule has 0 bridgehead atoms. The molecule has 0 fully saturated rings. The van der Waals surface area contributed by atoms with Crippen molar-refractivity contribution in [2.45, 2.75) is 3.92 Å². The highest BCUT2D eigenvalue weighted by molar-refractivity contribution is 9.24. The van der Waals surface area contributed by atoms with E-state index in [9.17, 15) is 14.4 Å². The number of fused-ring (bicyclic) bond motifs is 1. The summed E-state index contributed by atoms with van der Waals surface area (Å²) < 4.78 is 4.23. The van der Waals surface area contributed by atoms with Gasteiger partial charge in [0, 0.05) is 0 Å². The standard InChI is InChI=1S/C10H6Br2N2O4/c11-9(12)18-8(16)5-3-1-2-4-6(5)13-10(17)14-7(4)15/h1-3,9H,(H2,13,14,15,17). The number of ether oxygens (including phenoxy) is 1. The molecule has 0 aliphatic heterocycles. The van der Waals surface area contributed by atoms with Crippen LogP contribution in [0.1, 0.15) is 10.4 Å². The third-order valence-corrected chi connectivity index (χ3v) is 2.56. The van der Waals surface area contributed by atoms with Gasteiger partial charge in [0.1, 0.15) is 0 Å². The minimum atomic E-state index is -0.679. The van der Waals surface area contributed by atoms with Crippen molar-refractivity contribution in [1.82, 2.24) is 9.97 Å². The summed E-state index contributed by atoms with van der Waals surface area (Å²) in [7, 11) is 0. The Bertz CT molecular complexity index is 720. The molecule has 0 saturated carbocycles. The molecule has 1 aromatic carbocycles. The van der Waals surface area contributed by atoms with Crippen molar-refractivity contribution in [2.24, 2.45) is 0 Å². The molecule has 18 heavy (non-hydrogen) atoms. The van der Waals surface area contributed by atoms with Gasteiger partial charge in [0.05, 0.1) is 16.5 Å². The molecular weight excluding hydrogens is 372 g/mol. The second kappa shape index (κ2) is 5.07. The Morgan fingerprint density at radius 2 is 1.94 bits per heavy atom. The average molecular weight is 378 g/mol. The topological polar surface area (TPSA) is 92.0 Å². The fourth-order valence-corrected chi connectivity index (χ4v) is 1.85. The Morgan fingerprint density at radius 3 is 2.61 bits per heavy atom. The molecule has 0 aliphatic rings. The van der Waals surface area contributed by atoms with Gasteiger partial charge in [-0.25, -0.2) is 9.59 Å². The molecule has 0 radical (unpaired) electrons. The zero-order valence-corrected chi connectivity index (χ0v) is 11.9. The predicted octanol–water partition coefficient (Wildman–Crippen LogP) is 1.45. The summed E-state index contributed by atoms with van der Waals surface area (Å²) in [5.41, 5.74) is -0.976. The van der Waals surface area contributed by atoms with E-state index < -0.39 is 21.1 Å². The second-order valence-electron chi connectivity index (χ2n) is 3.30. The molecule has 0 amide bonds. The van der Waals surface area contributed by atoms with Crippen molar-refractivity contribution in [1.29, 1.82) is 0 Å². The van der Waals surface area contributed by atoms with Gasteiger partial charge in [0.15, 0.2) is 0 Å². The fraction of sp³-hybridized carbons (Fsp3) is 0.100. The molecular formula is C10H6Br2N2O4.